The van der Waals surface area contributed by atoms with Crippen LogP contribution < -0.4 is 0 Å². The van der Waals surface area contributed by atoms with Crippen molar-refractivity contribution < 1.29 is 9.90 Å². The van der Waals surface area contributed by atoms with Crippen LogP contribution in [0.1, 0.15) is 45.6 Å². The Morgan fingerprint density at radius 1 is 1.18 bits per heavy atom. The minimum atomic E-state index is -0.571. The van der Waals surface area contributed by atoms with Crippen LogP contribution in [0.2, 0.25) is 0 Å². The second-order valence-corrected chi connectivity index (χ2v) is 7.98. The van der Waals surface area contributed by atoms with Crippen LogP contribution >= 0.6 is 0 Å². The molecule has 5 heteroatoms. The van der Waals surface area contributed by atoms with Gasteiger partial charge in [0.2, 0.25) is 0 Å². The molecule has 2 aromatic carbocycles. The molecule has 5 nitrogen and oxygen atoms in total. The highest BCUT2D eigenvalue weighted by Gasteiger charge is 2.40. The molecule has 0 fully saturated rings. The summed E-state index contributed by atoms with van der Waals surface area (Å²) in [6, 6.07) is 14.2. The van der Waals surface area contributed by atoms with Crippen LogP contribution in [0.25, 0.3) is 11.3 Å². The number of imidazole rings is 1. The highest BCUT2D eigenvalue weighted by molar-refractivity contribution is 5.94. The van der Waals surface area contributed by atoms with Crippen molar-refractivity contribution in [2.45, 2.75) is 25.0 Å². The fourth-order valence-corrected chi connectivity index (χ4v) is 4.85. The zero-order chi connectivity index (χ0) is 19.4. The zero-order valence-electron chi connectivity index (χ0n) is 16.0. The molecule has 0 spiro atoms. The summed E-state index contributed by atoms with van der Waals surface area (Å²) in [4.78, 5) is 18.2. The van der Waals surface area contributed by atoms with Gasteiger partial charge in [0.25, 0.3) is 5.91 Å². The Bertz CT molecular complexity index is 1070. The number of carbonyl (C=O) groups excluding carboxylic acids is 1. The number of benzene rings is 2. The van der Waals surface area contributed by atoms with Gasteiger partial charge in [-0.3, -0.25) is 4.79 Å². The van der Waals surface area contributed by atoms with E-state index in [0.717, 1.165) is 29.7 Å². The first-order valence-corrected chi connectivity index (χ1v) is 9.70. The smallest absolute Gasteiger partial charge is 0.253 e. The quantitative estimate of drug-likeness (QED) is 0.748. The molecule has 2 aliphatic rings. The Kier molecular flexibility index (Phi) is 3.88. The lowest BCUT2D eigenvalue weighted by molar-refractivity contribution is 0.0717. The molecule has 0 saturated heterocycles. The van der Waals surface area contributed by atoms with Crippen molar-refractivity contribution in [3.8, 4) is 11.3 Å². The van der Waals surface area contributed by atoms with Crippen molar-refractivity contribution in [1.29, 1.82) is 0 Å². The number of amides is 1. The Morgan fingerprint density at radius 2 is 2.00 bits per heavy atom. The molecule has 0 radical (unpaired) electrons. The monoisotopic (exact) mass is 373 g/mol. The maximum atomic E-state index is 12.3. The molecule has 1 amide bonds. The number of fused-ring (bicyclic) bond motifs is 4. The number of rotatable bonds is 2. The SMILES string of the molecule is CN(C)C(=O)c1ccc2c(c1)CC[C@H](C1c3ccccc3-c3cncn31)[C@@H]2O. The molecule has 1 aliphatic heterocycles. The van der Waals surface area contributed by atoms with Crippen LogP contribution in [0.5, 0.6) is 0 Å². The van der Waals surface area contributed by atoms with Crippen molar-refractivity contribution in [2.75, 3.05) is 14.1 Å². The van der Waals surface area contributed by atoms with E-state index in [1.807, 2.05) is 30.7 Å². The lowest BCUT2D eigenvalue weighted by Gasteiger charge is -2.35. The fraction of sp³-hybridized carbons (Fsp3) is 0.304. The summed E-state index contributed by atoms with van der Waals surface area (Å²) in [7, 11) is 3.51. The summed E-state index contributed by atoms with van der Waals surface area (Å²) in [5.41, 5.74) is 6.27. The minimum absolute atomic E-state index is 0.00723. The summed E-state index contributed by atoms with van der Waals surface area (Å²) in [5.74, 6) is 0.0618. The van der Waals surface area contributed by atoms with Crippen LogP contribution in [0.15, 0.2) is 55.0 Å². The van der Waals surface area contributed by atoms with Crippen LogP contribution in [-0.4, -0.2) is 39.6 Å². The average molecular weight is 373 g/mol. The minimum Gasteiger partial charge on any atom is -0.388 e. The molecule has 1 N–H and O–H groups in total. The van der Waals surface area contributed by atoms with Gasteiger partial charge in [0.1, 0.15) is 0 Å². The highest BCUT2D eigenvalue weighted by Crippen LogP contribution is 2.49. The molecule has 3 aromatic rings. The first kappa shape index (κ1) is 17.2. The first-order valence-electron chi connectivity index (χ1n) is 9.70. The molecular formula is C23H23N3O2. The number of aliphatic hydroxyl groups is 1. The van der Waals surface area contributed by atoms with E-state index in [0.29, 0.717) is 5.56 Å². The number of aromatic nitrogens is 2. The van der Waals surface area contributed by atoms with Gasteiger partial charge in [-0.05, 0) is 41.7 Å². The standard InChI is InChI=1S/C23H23N3O2/c1-25(2)23(28)15-8-9-16-14(11-15)7-10-19(22(16)27)21-18-6-4-3-5-17(18)20-12-24-13-26(20)21/h3-6,8-9,11-13,19,21-22,27H,7,10H2,1-2H3/t19-,21?,22-/m1/s1. The summed E-state index contributed by atoms with van der Waals surface area (Å²) in [6.45, 7) is 0. The van der Waals surface area contributed by atoms with Gasteiger partial charge >= 0.3 is 0 Å². The zero-order valence-corrected chi connectivity index (χ0v) is 16.0. The molecular weight excluding hydrogens is 350 g/mol. The summed E-state index contributed by atoms with van der Waals surface area (Å²) >= 11 is 0. The number of aliphatic hydroxyl groups excluding tert-OH is 1. The summed E-state index contributed by atoms with van der Waals surface area (Å²) in [5, 5.41) is 11.3. The van der Waals surface area contributed by atoms with E-state index in [-0.39, 0.29) is 17.9 Å². The van der Waals surface area contributed by atoms with E-state index in [4.69, 9.17) is 0 Å². The predicted octanol–water partition coefficient (Wildman–Crippen LogP) is 3.45. The van der Waals surface area contributed by atoms with E-state index in [1.165, 1.54) is 11.1 Å². The van der Waals surface area contributed by atoms with Gasteiger partial charge in [-0.2, -0.15) is 0 Å². The molecule has 0 bridgehead atoms. The van der Waals surface area contributed by atoms with Gasteiger partial charge in [0, 0.05) is 31.1 Å². The summed E-state index contributed by atoms with van der Waals surface area (Å²) in [6.07, 6.45) is 4.93. The number of hydrogen-bond acceptors (Lipinski definition) is 3. The van der Waals surface area contributed by atoms with Crippen LogP contribution in [0.4, 0.5) is 0 Å². The molecule has 1 aromatic heterocycles. The second kappa shape index (κ2) is 6.31. The lowest BCUT2D eigenvalue weighted by atomic mass is 9.75. The Hall–Kier alpha value is -2.92. The molecule has 28 heavy (non-hydrogen) atoms. The number of aryl methyl sites for hydroxylation is 1. The summed E-state index contributed by atoms with van der Waals surface area (Å²) < 4.78 is 2.20. The molecule has 0 saturated carbocycles. The van der Waals surface area contributed by atoms with Gasteiger partial charge < -0.3 is 14.6 Å². The van der Waals surface area contributed by atoms with Crippen molar-refractivity contribution in [2.24, 2.45) is 5.92 Å². The van der Waals surface area contributed by atoms with E-state index in [1.54, 1.807) is 19.0 Å². The topological polar surface area (TPSA) is 58.4 Å². The second-order valence-electron chi connectivity index (χ2n) is 7.98. The molecule has 1 aliphatic carbocycles. The van der Waals surface area contributed by atoms with Gasteiger partial charge in [-0.15, -0.1) is 0 Å². The third-order valence-corrected chi connectivity index (χ3v) is 6.19. The van der Waals surface area contributed by atoms with Gasteiger partial charge in [-0.25, -0.2) is 4.98 Å². The normalized spacial score (nSPS) is 22.3. The van der Waals surface area contributed by atoms with Crippen molar-refractivity contribution in [1.82, 2.24) is 14.5 Å². The Morgan fingerprint density at radius 3 is 2.82 bits per heavy atom. The van der Waals surface area contributed by atoms with Crippen molar-refractivity contribution >= 4 is 5.91 Å². The van der Waals surface area contributed by atoms with Crippen LogP contribution in [0, 0.1) is 5.92 Å². The third-order valence-electron chi connectivity index (χ3n) is 6.19. The van der Waals surface area contributed by atoms with Gasteiger partial charge in [0.05, 0.1) is 30.4 Å². The molecule has 142 valence electrons. The maximum absolute atomic E-state index is 12.3. The van der Waals surface area contributed by atoms with Crippen LogP contribution in [0.3, 0.4) is 0 Å². The predicted molar refractivity (Wildman–Crippen MR) is 107 cm³/mol. The number of hydrogen-bond donors (Lipinski definition) is 1. The van der Waals surface area contributed by atoms with E-state index in [2.05, 4.69) is 33.8 Å². The largest absolute Gasteiger partial charge is 0.388 e. The first-order chi connectivity index (χ1) is 13.6. The third kappa shape index (κ3) is 2.43. The van der Waals surface area contributed by atoms with E-state index < -0.39 is 6.10 Å². The molecule has 2 heterocycles. The number of nitrogens with zero attached hydrogens (tertiary/aromatic N) is 3. The Balaban J connectivity index is 1.53. The molecule has 3 atom stereocenters. The van der Waals surface area contributed by atoms with Crippen molar-refractivity contribution in [3.63, 3.8) is 0 Å². The van der Waals surface area contributed by atoms with E-state index >= 15 is 0 Å². The number of carbonyl (C=O) groups is 1. The maximum Gasteiger partial charge on any atom is 0.253 e. The lowest BCUT2D eigenvalue weighted by Crippen LogP contribution is -2.29. The van der Waals surface area contributed by atoms with Gasteiger partial charge in [-0.1, -0.05) is 30.3 Å². The van der Waals surface area contributed by atoms with E-state index in [9.17, 15) is 9.90 Å². The fourth-order valence-electron chi connectivity index (χ4n) is 4.85. The molecule has 5 rings (SSSR count). The Labute approximate surface area is 164 Å². The molecule has 1 unspecified atom stereocenters. The van der Waals surface area contributed by atoms with Gasteiger partial charge in [0.15, 0.2) is 0 Å². The highest BCUT2D eigenvalue weighted by atomic mass is 16.3. The van der Waals surface area contributed by atoms with Crippen molar-refractivity contribution in [3.05, 3.63) is 77.2 Å². The average Bonchev–Trinajstić information content (AvgIpc) is 3.29. The van der Waals surface area contributed by atoms with Crippen LogP contribution in [-0.2, 0) is 6.42 Å².